The van der Waals surface area contributed by atoms with Crippen LogP contribution >= 0.6 is 11.6 Å². The first-order valence-electron chi connectivity index (χ1n) is 12.3. The highest BCUT2D eigenvalue weighted by molar-refractivity contribution is 6.29. The van der Waals surface area contributed by atoms with Crippen molar-refractivity contribution in [1.29, 1.82) is 0 Å². The van der Waals surface area contributed by atoms with Crippen LogP contribution in [-0.4, -0.2) is 51.3 Å². The third-order valence-electron chi connectivity index (χ3n) is 7.64. The van der Waals surface area contributed by atoms with Crippen molar-refractivity contribution in [3.8, 4) is 0 Å². The molecular formula is C26H27ClF2N6O2. The van der Waals surface area contributed by atoms with Crippen molar-refractivity contribution in [2.45, 2.75) is 43.7 Å². The molecule has 1 saturated carbocycles. The van der Waals surface area contributed by atoms with Crippen LogP contribution in [0.25, 0.3) is 0 Å². The van der Waals surface area contributed by atoms with Crippen molar-refractivity contribution >= 4 is 23.3 Å². The fourth-order valence-corrected chi connectivity index (χ4v) is 5.66. The SMILES string of the molecule is Cn1cnnc1CC1(c2ccc3c(c2)C(=O)N(c2cc(CNCC4CC(F)(F)C4)cc(Cl)n2)C3)COC1. The number of pyridine rings is 1. The molecule has 1 amide bonds. The molecule has 1 aliphatic carbocycles. The number of ether oxygens (including phenoxy) is 1. The largest absolute Gasteiger partial charge is 0.379 e. The van der Waals surface area contributed by atoms with Gasteiger partial charge in [-0.15, -0.1) is 10.2 Å². The Hall–Kier alpha value is -2.95. The Morgan fingerprint density at radius 3 is 2.70 bits per heavy atom. The lowest BCUT2D eigenvalue weighted by molar-refractivity contribution is -0.109. The highest BCUT2D eigenvalue weighted by Gasteiger charge is 2.45. The van der Waals surface area contributed by atoms with Crippen molar-refractivity contribution in [3.63, 3.8) is 0 Å². The number of aryl methyl sites for hydroxylation is 1. The zero-order chi connectivity index (χ0) is 25.8. The number of alkyl halides is 2. The van der Waals surface area contributed by atoms with E-state index in [2.05, 4.69) is 26.6 Å². The first kappa shape index (κ1) is 24.4. The van der Waals surface area contributed by atoms with Crippen LogP contribution in [0.15, 0.2) is 36.7 Å². The fourth-order valence-electron chi connectivity index (χ4n) is 5.43. The number of hydrogen-bond donors (Lipinski definition) is 1. The molecule has 1 saturated heterocycles. The van der Waals surface area contributed by atoms with Gasteiger partial charge >= 0.3 is 0 Å². The third kappa shape index (κ3) is 4.62. The normalized spacial score (nSPS) is 20.0. The van der Waals surface area contributed by atoms with Gasteiger partial charge in [-0.05, 0) is 47.4 Å². The maximum Gasteiger partial charge on any atom is 0.260 e. The molecular weight excluding hydrogens is 502 g/mol. The second-order valence-corrected chi connectivity index (χ2v) is 10.9. The molecule has 8 nitrogen and oxygen atoms in total. The zero-order valence-corrected chi connectivity index (χ0v) is 21.1. The summed E-state index contributed by atoms with van der Waals surface area (Å²) in [6.45, 7) is 2.49. The first-order valence-corrected chi connectivity index (χ1v) is 12.7. The smallest absolute Gasteiger partial charge is 0.260 e. The Kier molecular flexibility index (Phi) is 6.00. The van der Waals surface area contributed by atoms with Gasteiger partial charge in [0.15, 0.2) is 0 Å². The highest BCUT2D eigenvalue weighted by Crippen LogP contribution is 2.42. The summed E-state index contributed by atoms with van der Waals surface area (Å²) < 4.78 is 33.6. The summed E-state index contributed by atoms with van der Waals surface area (Å²) in [6, 6.07) is 9.60. The van der Waals surface area contributed by atoms with Gasteiger partial charge in [0.1, 0.15) is 23.1 Å². The molecule has 1 aromatic carbocycles. The van der Waals surface area contributed by atoms with E-state index in [0.29, 0.717) is 50.7 Å². The van der Waals surface area contributed by atoms with E-state index < -0.39 is 5.92 Å². The van der Waals surface area contributed by atoms with Crippen LogP contribution in [0.4, 0.5) is 14.6 Å². The number of anilines is 1. The van der Waals surface area contributed by atoms with E-state index in [0.717, 1.165) is 22.5 Å². The van der Waals surface area contributed by atoms with E-state index >= 15 is 0 Å². The second-order valence-electron chi connectivity index (χ2n) is 10.5. The molecule has 0 bridgehead atoms. The molecule has 3 aliphatic rings. The average molecular weight is 529 g/mol. The number of hydrogen-bond acceptors (Lipinski definition) is 6. The summed E-state index contributed by atoms with van der Waals surface area (Å²) in [4.78, 5) is 19.5. The van der Waals surface area contributed by atoms with Gasteiger partial charge in [-0.1, -0.05) is 23.7 Å². The summed E-state index contributed by atoms with van der Waals surface area (Å²) in [6.07, 6.45) is 2.21. The molecule has 6 rings (SSSR count). The van der Waals surface area contributed by atoms with Gasteiger partial charge in [0, 0.05) is 43.8 Å². The monoisotopic (exact) mass is 528 g/mol. The fraction of sp³-hybridized carbons (Fsp3) is 0.462. The Balaban J connectivity index is 1.18. The minimum absolute atomic E-state index is 0.0198. The number of amides is 1. The van der Waals surface area contributed by atoms with Crippen molar-refractivity contribution in [2.75, 3.05) is 24.7 Å². The predicted molar refractivity (Wildman–Crippen MR) is 133 cm³/mol. The van der Waals surface area contributed by atoms with Gasteiger partial charge in [0.2, 0.25) is 5.92 Å². The van der Waals surface area contributed by atoms with Crippen LogP contribution in [-0.2, 0) is 36.7 Å². The lowest BCUT2D eigenvalue weighted by Gasteiger charge is -2.41. The van der Waals surface area contributed by atoms with Gasteiger partial charge in [-0.3, -0.25) is 9.69 Å². The molecule has 2 aromatic heterocycles. The summed E-state index contributed by atoms with van der Waals surface area (Å²) in [5.74, 6) is -1.33. The molecule has 2 fully saturated rings. The molecule has 0 spiro atoms. The van der Waals surface area contributed by atoms with Crippen LogP contribution in [0, 0.1) is 5.92 Å². The first-order chi connectivity index (χ1) is 17.7. The highest BCUT2D eigenvalue weighted by atomic mass is 35.5. The summed E-state index contributed by atoms with van der Waals surface area (Å²) in [5.41, 5.74) is 3.21. The van der Waals surface area contributed by atoms with E-state index in [1.54, 1.807) is 17.3 Å². The Bertz CT molecular complexity index is 1350. The number of nitrogens with one attached hydrogen (secondary N) is 1. The molecule has 37 heavy (non-hydrogen) atoms. The van der Waals surface area contributed by atoms with E-state index in [1.165, 1.54) is 0 Å². The lowest BCUT2D eigenvalue weighted by atomic mass is 9.75. The van der Waals surface area contributed by atoms with Crippen molar-refractivity contribution in [3.05, 3.63) is 69.9 Å². The number of benzene rings is 1. The van der Waals surface area contributed by atoms with Crippen LogP contribution in [0.2, 0.25) is 5.15 Å². The van der Waals surface area contributed by atoms with Crippen LogP contribution in [0.3, 0.4) is 0 Å². The molecule has 194 valence electrons. The van der Waals surface area contributed by atoms with Crippen LogP contribution in [0.1, 0.15) is 45.7 Å². The summed E-state index contributed by atoms with van der Waals surface area (Å²) in [7, 11) is 1.92. The molecule has 1 N–H and O–H groups in total. The van der Waals surface area contributed by atoms with Crippen molar-refractivity contribution < 1.29 is 18.3 Å². The summed E-state index contributed by atoms with van der Waals surface area (Å²) in [5, 5.41) is 11.7. The van der Waals surface area contributed by atoms with E-state index in [9.17, 15) is 13.6 Å². The van der Waals surface area contributed by atoms with Gasteiger partial charge in [-0.25, -0.2) is 13.8 Å². The van der Waals surface area contributed by atoms with Crippen LogP contribution in [0.5, 0.6) is 0 Å². The maximum absolute atomic E-state index is 13.5. The van der Waals surface area contributed by atoms with Gasteiger partial charge in [-0.2, -0.15) is 0 Å². The van der Waals surface area contributed by atoms with E-state index in [1.807, 2.05) is 29.8 Å². The molecule has 0 atom stereocenters. The third-order valence-corrected chi connectivity index (χ3v) is 7.83. The standard InChI is InChI=1S/C26H27ClF2N6O2/c1-34-15-31-33-23(34)9-25(13-37-14-25)19-3-2-18-12-35(24(36)20(18)6-19)22-5-16(4-21(27)32-22)10-30-11-17-7-26(28,29)8-17/h2-6,15,17,30H,7-14H2,1H3. The lowest BCUT2D eigenvalue weighted by Crippen LogP contribution is -2.49. The minimum Gasteiger partial charge on any atom is -0.379 e. The number of nitrogens with zero attached hydrogens (tertiary/aromatic N) is 5. The molecule has 0 radical (unpaired) electrons. The second kappa shape index (κ2) is 9.11. The number of carbonyl (C=O) groups is 1. The number of halogens is 3. The zero-order valence-electron chi connectivity index (χ0n) is 20.4. The summed E-state index contributed by atoms with van der Waals surface area (Å²) >= 11 is 6.29. The Labute approximate surface area is 218 Å². The van der Waals surface area contributed by atoms with Crippen molar-refractivity contribution in [2.24, 2.45) is 13.0 Å². The van der Waals surface area contributed by atoms with Crippen LogP contribution < -0.4 is 10.2 Å². The number of aromatic nitrogens is 4. The maximum atomic E-state index is 13.5. The Morgan fingerprint density at radius 2 is 2.03 bits per heavy atom. The Morgan fingerprint density at radius 1 is 1.22 bits per heavy atom. The molecule has 4 heterocycles. The molecule has 11 heteroatoms. The predicted octanol–water partition coefficient (Wildman–Crippen LogP) is 3.67. The number of carbonyl (C=O) groups excluding carboxylic acids is 1. The molecule has 0 unspecified atom stereocenters. The number of fused-ring (bicyclic) bond motifs is 1. The average Bonchev–Trinajstić information content (AvgIpc) is 3.36. The van der Waals surface area contributed by atoms with Gasteiger partial charge in [0.25, 0.3) is 5.91 Å². The molecule has 3 aromatic rings. The quantitative estimate of drug-likeness (QED) is 0.449. The van der Waals surface area contributed by atoms with Gasteiger partial charge < -0.3 is 14.6 Å². The van der Waals surface area contributed by atoms with Crippen molar-refractivity contribution in [1.82, 2.24) is 25.1 Å². The minimum atomic E-state index is -2.52. The van der Waals surface area contributed by atoms with Gasteiger partial charge in [0.05, 0.1) is 19.8 Å². The topological polar surface area (TPSA) is 85.2 Å². The van der Waals surface area contributed by atoms with E-state index in [4.69, 9.17) is 16.3 Å². The molecule has 2 aliphatic heterocycles. The van der Waals surface area contributed by atoms with E-state index in [-0.39, 0.29) is 35.2 Å². The number of rotatable bonds is 8.